The summed E-state index contributed by atoms with van der Waals surface area (Å²) in [5, 5.41) is 151. The van der Waals surface area contributed by atoms with Crippen molar-refractivity contribution in [2.45, 2.75) is 248 Å². The van der Waals surface area contributed by atoms with Gasteiger partial charge in [-0.25, -0.2) is 0 Å². The van der Waals surface area contributed by atoms with Crippen LogP contribution in [-0.2, 0) is 59.0 Å². The molecule has 8 aliphatic rings. The monoisotopic (exact) mass is 1270 g/mol. The third-order valence-electron chi connectivity index (χ3n) is 20.5. The second-order valence-electron chi connectivity index (χ2n) is 25.3. The summed E-state index contributed by atoms with van der Waals surface area (Å²) in [5.74, 6) is -0.395. The molecule has 4 saturated carbocycles. The molecule has 8 fully saturated rings. The van der Waals surface area contributed by atoms with E-state index < -0.39 is 165 Å². The van der Waals surface area contributed by atoms with Gasteiger partial charge in [-0.3, -0.25) is 0 Å². The van der Waals surface area contributed by atoms with Crippen LogP contribution < -0.4 is 0 Å². The van der Waals surface area contributed by atoms with Gasteiger partial charge in [0.2, 0.25) is 0 Å². The Bertz CT molecular complexity index is 1950. The van der Waals surface area contributed by atoms with Crippen LogP contribution in [0.3, 0.4) is 0 Å². The standard InChI is InChI=1S/C53H90O22.Pt/c1-23(2)10-9-14-53(8,75-47-43(67)39(63)37(61)29(72-47)22-69-45-41(65)34(58)26(57)21-68-45)24-11-16-52(7)33(24)25(56)18-31-50(5)15-13-32(49(3,4)30(50)12-17-51(31,52)6)73-48-44(40(64)36(60)28(20-55)71-48)74-46-42(66)38(62)35(59)27(19-54)70-46;/h10,24-48,54-67H,9,11-22H2,1-8H3;/q;+4/t24-,25+,26+,27+,28+,29+,30-,31?,32-,33?,34-,35+,36+,37+,38-,39-,40-,41+,42+,43+,44+,45-,46-,47-,48-,50-,51+,52+,53-;/m0./s1. The summed E-state index contributed by atoms with van der Waals surface area (Å²) in [4.78, 5) is 0. The molecule has 440 valence electrons. The van der Waals surface area contributed by atoms with Gasteiger partial charge in [0, 0.05) is 0 Å². The molecule has 4 saturated heterocycles. The molecule has 76 heavy (non-hydrogen) atoms. The smallest absolute Gasteiger partial charge is 0.394 e. The number of aliphatic hydroxyl groups excluding tert-OH is 14. The SMILES string of the molecule is CC(C)=CCC[C@](C)(O[C@@H]1O[C@H](CO[C@@H]2OC[C@@H](O)[C@H](O)[C@H]2O)[C@@H](O)[C@H](O)[C@H]1O)[C@H]1CC[C@]2(C)C1[C@H](O)CC1[C@@]3(C)CC[C@H](O[C@@H]4O[C@H](CO)[C@@H](O)[C@H](O)[C@H]4O[C@@H]4O[C@H](CO)[C@@H](O)[C@H](O)[C@H]4O)C(C)(C)[C@@H]3CC[C@]12C.[Pt+4]. The van der Waals surface area contributed by atoms with E-state index in [1.165, 1.54) is 0 Å². The van der Waals surface area contributed by atoms with Crippen molar-refractivity contribution in [3.05, 3.63) is 11.6 Å². The van der Waals surface area contributed by atoms with Crippen LogP contribution in [0.4, 0.5) is 0 Å². The van der Waals surface area contributed by atoms with Crippen LogP contribution in [0.25, 0.3) is 0 Å². The van der Waals surface area contributed by atoms with Gasteiger partial charge in [0.25, 0.3) is 0 Å². The van der Waals surface area contributed by atoms with Gasteiger partial charge in [-0.05, 0) is 124 Å². The van der Waals surface area contributed by atoms with Crippen LogP contribution in [0, 0.1) is 45.3 Å². The van der Waals surface area contributed by atoms with E-state index >= 15 is 0 Å². The van der Waals surface area contributed by atoms with Crippen molar-refractivity contribution in [1.29, 1.82) is 0 Å². The Labute approximate surface area is 459 Å². The van der Waals surface area contributed by atoms with E-state index in [1.54, 1.807) is 0 Å². The van der Waals surface area contributed by atoms with Crippen LogP contribution in [0.2, 0.25) is 0 Å². The first-order valence-electron chi connectivity index (χ1n) is 27.3. The maximum Gasteiger partial charge on any atom is 4.00 e. The minimum atomic E-state index is -1.81. The fourth-order valence-electron chi connectivity index (χ4n) is 16.0. The summed E-state index contributed by atoms with van der Waals surface area (Å²) in [6, 6.07) is 0. The molecule has 22 nitrogen and oxygen atoms in total. The van der Waals surface area contributed by atoms with Crippen LogP contribution in [0.5, 0.6) is 0 Å². The first-order valence-corrected chi connectivity index (χ1v) is 27.3. The normalized spacial score (nSPS) is 52.1. The summed E-state index contributed by atoms with van der Waals surface area (Å²) < 4.78 is 48.8. The minimum Gasteiger partial charge on any atom is -0.394 e. The first kappa shape index (κ1) is 63.1. The Morgan fingerprint density at radius 3 is 1.79 bits per heavy atom. The maximum atomic E-state index is 12.8. The molecular formula is C53H90O22Pt+4. The molecule has 0 amide bonds. The largest absolute Gasteiger partial charge is 4.00 e. The zero-order valence-corrected chi connectivity index (χ0v) is 47.3. The van der Waals surface area contributed by atoms with Crippen molar-refractivity contribution >= 4 is 0 Å². The number of hydrogen-bond donors (Lipinski definition) is 14. The first-order chi connectivity index (χ1) is 35.1. The van der Waals surface area contributed by atoms with Crippen LogP contribution in [0.15, 0.2) is 11.6 Å². The van der Waals surface area contributed by atoms with E-state index in [0.29, 0.717) is 38.5 Å². The number of aliphatic hydroxyl groups is 14. The number of ether oxygens (including phenoxy) is 8. The van der Waals surface area contributed by atoms with E-state index in [4.69, 9.17) is 37.9 Å². The van der Waals surface area contributed by atoms with Crippen molar-refractivity contribution < 1.29 is 130 Å². The molecule has 4 aliphatic heterocycles. The zero-order valence-electron chi connectivity index (χ0n) is 45.0. The van der Waals surface area contributed by atoms with Gasteiger partial charge >= 0.3 is 21.1 Å². The number of allylic oxidation sites excluding steroid dienone is 2. The zero-order chi connectivity index (χ0) is 55.1. The maximum absolute atomic E-state index is 12.8. The summed E-state index contributed by atoms with van der Waals surface area (Å²) in [7, 11) is 0. The van der Waals surface area contributed by atoms with Crippen molar-refractivity contribution in [2.24, 2.45) is 45.3 Å². The molecule has 2 unspecified atom stereocenters. The van der Waals surface area contributed by atoms with E-state index in [0.717, 1.165) is 24.8 Å². The minimum absolute atomic E-state index is 0. The van der Waals surface area contributed by atoms with Crippen molar-refractivity contribution in [1.82, 2.24) is 0 Å². The number of hydrogen-bond acceptors (Lipinski definition) is 22. The molecule has 14 N–H and O–H groups in total. The molecule has 8 rings (SSSR count). The van der Waals surface area contributed by atoms with Crippen molar-refractivity contribution in [2.75, 3.05) is 26.4 Å². The second-order valence-corrected chi connectivity index (χ2v) is 25.3. The quantitative estimate of drug-likeness (QED) is 0.0651. The molecule has 0 aromatic heterocycles. The van der Waals surface area contributed by atoms with Gasteiger partial charge in [-0.15, -0.1) is 0 Å². The van der Waals surface area contributed by atoms with Crippen molar-refractivity contribution in [3.63, 3.8) is 0 Å². The Morgan fingerprint density at radius 2 is 1.16 bits per heavy atom. The van der Waals surface area contributed by atoms with Gasteiger partial charge in [-0.1, -0.05) is 46.3 Å². The predicted molar refractivity (Wildman–Crippen MR) is 260 cm³/mol. The molecule has 0 bridgehead atoms. The third-order valence-corrected chi connectivity index (χ3v) is 20.5. The molecule has 0 spiro atoms. The van der Waals surface area contributed by atoms with Gasteiger partial charge < -0.3 is 109 Å². The molecule has 23 heteroatoms. The van der Waals surface area contributed by atoms with Gasteiger partial charge in [0.15, 0.2) is 25.2 Å². The van der Waals surface area contributed by atoms with E-state index in [1.807, 2.05) is 20.8 Å². The fraction of sp³-hybridized carbons (Fsp3) is 0.962. The Balaban J connectivity index is 0.00000840. The molecular weight excluding hydrogens is 1180 g/mol. The Hall–Kier alpha value is -0.452. The number of fused-ring (bicyclic) bond motifs is 5. The molecule has 0 aromatic rings. The van der Waals surface area contributed by atoms with Crippen molar-refractivity contribution in [3.8, 4) is 0 Å². The average Bonchev–Trinajstić information content (AvgIpc) is 3.77. The third kappa shape index (κ3) is 11.1. The fourth-order valence-corrected chi connectivity index (χ4v) is 16.0. The Morgan fingerprint density at radius 1 is 0.592 bits per heavy atom. The summed E-state index contributed by atoms with van der Waals surface area (Å²) in [6.07, 6.45) is -22.6. The van der Waals surface area contributed by atoms with Crippen LogP contribution in [-0.4, -0.2) is 232 Å². The molecule has 29 atom stereocenters. The van der Waals surface area contributed by atoms with E-state index in [9.17, 15) is 71.5 Å². The van der Waals surface area contributed by atoms with Gasteiger partial charge in [-0.2, -0.15) is 0 Å². The average molecular weight is 1270 g/mol. The van der Waals surface area contributed by atoms with Crippen LogP contribution >= 0.6 is 0 Å². The second kappa shape index (κ2) is 24.0. The summed E-state index contributed by atoms with van der Waals surface area (Å²) in [6.45, 7) is 15.1. The van der Waals surface area contributed by atoms with E-state index in [2.05, 4.69) is 40.7 Å². The topological polar surface area (TPSA) is 357 Å². The molecule has 0 aromatic carbocycles. The van der Waals surface area contributed by atoms with Gasteiger partial charge in [0.1, 0.15) is 91.6 Å². The Kier molecular flexibility index (Phi) is 20.0. The molecule has 0 radical (unpaired) electrons. The predicted octanol–water partition coefficient (Wildman–Crippen LogP) is -1.57. The van der Waals surface area contributed by atoms with Gasteiger partial charge in [0.05, 0.1) is 44.2 Å². The summed E-state index contributed by atoms with van der Waals surface area (Å²) >= 11 is 0. The van der Waals surface area contributed by atoms with Crippen LogP contribution in [0.1, 0.15) is 113 Å². The summed E-state index contributed by atoms with van der Waals surface area (Å²) in [5.41, 5.74) is -1.48. The van der Waals surface area contributed by atoms with E-state index in [-0.39, 0.29) is 62.2 Å². The molecule has 4 heterocycles. The number of rotatable bonds is 15. The molecule has 4 aliphatic carbocycles.